The van der Waals surface area contributed by atoms with Gasteiger partial charge in [0.2, 0.25) is 0 Å². The lowest BCUT2D eigenvalue weighted by Gasteiger charge is -2.17. The minimum Gasteiger partial charge on any atom is -0.311 e. The van der Waals surface area contributed by atoms with Crippen molar-refractivity contribution in [3.8, 4) is 0 Å². The molecule has 0 heterocycles. The zero-order valence-electron chi connectivity index (χ0n) is 11.5. The van der Waals surface area contributed by atoms with Gasteiger partial charge in [-0.25, -0.2) is 4.39 Å². The van der Waals surface area contributed by atoms with Gasteiger partial charge in [0.1, 0.15) is 5.82 Å². The highest BCUT2D eigenvalue weighted by Gasteiger charge is 2.64. The number of halogens is 1. The molecular weight excluding hydrogens is 237 g/mol. The van der Waals surface area contributed by atoms with Crippen molar-refractivity contribution in [2.75, 3.05) is 0 Å². The summed E-state index contributed by atoms with van der Waals surface area (Å²) in [5.74, 6) is 3.91. The molecule has 1 nitrogen and oxygen atoms in total. The van der Waals surface area contributed by atoms with Crippen LogP contribution < -0.4 is 5.32 Å². The van der Waals surface area contributed by atoms with Crippen molar-refractivity contribution in [3.63, 3.8) is 0 Å². The van der Waals surface area contributed by atoms with Crippen LogP contribution in [0.3, 0.4) is 0 Å². The minimum atomic E-state index is -0.141. The van der Waals surface area contributed by atoms with E-state index in [0.29, 0.717) is 6.04 Å². The Morgan fingerprint density at radius 2 is 1.79 bits per heavy atom. The number of rotatable bonds is 4. The first-order chi connectivity index (χ1) is 9.22. The monoisotopic (exact) mass is 259 g/mol. The first kappa shape index (κ1) is 11.9. The molecule has 2 heteroatoms. The number of fused-ring (bicyclic) bond motifs is 5. The summed E-state index contributed by atoms with van der Waals surface area (Å²) in [4.78, 5) is 0. The number of benzene rings is 1. The molecule has 19 heavy (non-hydrogen) atoms. The molecular formula is C17H22FN. The molecule has 0 aromatic heterocycles. The van der Waals surface area contributed by atoms with Crippen LogP contribution in [0.5, 0.6) is 0 Å². The molecule has 0 radical (unpaired) electrons. The summed E-state index contributed by atoms with van der Waals surface area (Å²) in [6.07, 6.45) is 5.48. The standard InChI is InChI=1S/C17H22FN/c1-10(8-11-2-6-14(18)7-3-11)19-17-15-12-4-5-13(9-12)16(15)17/h2-3,6-7,10,12-13,15-17,19H,4-5,8-9H2,1H3. The molecule has 5 atom stereocenters. The number of nitrogens with one attached hydrogen (secondary N) is 1. The Hall–Kier alpha value is -0.890. The van der Waals surface area contributed by atoms with Gasteiger partial charge in [-0.3, -0.25) is 0 Å². The molecule has 1 N–H and O–H groups in total. The third-order valence-corrected chi connectivity index (χ3v) is 5.67. The Morgan fingerprint density at radius 1 is 1.16 bits per heavy atom. The van der Waals surface area contributed by atoms with Crippen LogP contribution in [0.1, 0.15) is 31.7 Å². The second kappa shape index (κ2) is 4.31. The van der Waals surface area contributed by atoms with Crippen molar-refractivity contribution < 1.29 is 4.39 Å². The Balaban J connectivity index is 1.33. The fraction of sp³-hybridized carbons (Fsp3) is 0.647. The van der Waals surface area contributed by atoms with Gasteiger partial charge >= 0.3 is 0 Å². The Kier molecular flexibility index (Phi) is 2.70. The lowest BCUT2D eigenvalue weighted by atomic mass is 10.0. The van der Waals surface area contributed by atoms with Crippen molar-refractivity contribution >= 4 is 0 Å². The van der Waals surface area contributed by atoms with E-state index < -0.39 is 0 Å². The van der Waals surface area contributed by atoms with E-state index in [1.807, 2.05) is 12.1 Å². The predicted molar refractivity (Wildman–Crippen MR) is 74.3 cm³/mol. The van der Waals surface area contributed by atoms with Crippen LogP contribution in [0, 0.1) is 29.5 Å². The van der Waals surface area contributed by atoms with E-state index in [0.717, 1.165) is 36.1 Å². The first-order valence-electron chi connectivity index (χ1n) is 7.73. The van der Waals surface area contributed by atoms with Gasteiger partial charge in [-0.1, -0.05) is 12.1 Å². The molecule has 0 saturated heterocycles. The molecule has 3 aliphatic rings. The third kappa shape index (κ3) is 2.01. The van der Waals surface area contributed by atoms with Gasteiger partial charge in [0, 0.05) is 12.1 Å². The van der Waals surface area contributed by atoms with E-state index in [1.165, 1.54) is 24.8 Å². The van der Waals surface area contributed by atoms with Crippen LogP contribution in [0.4, 0.5) is 4.39 Å². The summed E-state index contributed by atoms with van der Waals surface area (Å²) < 4.78 is 12.9. The van der Waals surface area contributed by atoms with Crippen LogP contribution in [-0.2, 0) is 6.42 Å². The average Bonchev–Trinajstić information content (AvgIpc) is 2.81. The second-order valence-electron chi connectivity index (χ2n) is 6.91. The van der Waals surface area contributed by atoms with Crippen molar-refractivity contribution in [1.29, 1.82) is 0 Å². The molecule has 0 spiro atoms. The van der Waals surface area contributed by atoms with E-state index in [4.69, 9.17) is 0 Å². The number of hydrogen-bond donors (Lipinski definition) is 1. The quantitative estimate of drug-likeness (QED) is 0.874. The highest BCUT2D eigenvalue weighted by molar-refractivity contribution is 5.19. The zero-order valence-corrected chi connectivity index (χ0v) is 11.5. The molecule has 1 aromatic rings. The van der Waals surface area contributed by atoms with Crippen molar-refractivity contribution in [2.45, 2.75) is 44.7 Å². The zero-order chi connectivity index (χ0) is 13.0. The van der Waals surface area contributed by atoms with Crippen molar-refractivity contribution in [1.82, 2.24) is 5.32 Å². The molecule has 0 aliphatic heterocycles. The maximum absolute atomic E-state index is 12.9. The maximum atomic E-state index is 12.9. The summed E-state index contributed by atoms with van der Waals surface area (Å²) in [6, 6.07) is 8.24. The third-order valence-electron chi connectivity index (χ3n) is 5.67. The fourth-order valence-electron chi connectivity index (χ4n) is 4.91. The molecule has 3 fully saturated rings. The summed E-state index contributed by atoms with van der Waals surface area (Å²) in [7, 11) is 0. The van der Waals surface area contributed by atoms with E-state index >= 15 is 0 Å². The van der Waals surface area contributed by atoms with Crippen LogP contribution in [0.25, 0.3) is 0 Å². The molecule has 3 saturated carbocycles. The van der Waals surface area contributed by atoms with Gasteiger partial charge < -0.3 is 5.32 Å². The molecule has 102 valence electrons. The summed E-state index contributed by atoms with van der Waals surface area (Å²) in [6.45, 7) is 2.26. The normalized spacial score (nSPS) is 40.2. The molecule has 5 unspecified atom stereocenters. The Morgan fingerprint density at radius 3 is 2.42 bits per heavy atom. The highest BCUT2D eigenvalue weighted by Crippen LogP contribution is 2.65. The largest absolute Gasteiger partial charge is 0.311 e. The summed E-state index contributed by atoms with van der Waals surface area (Å²) in [5, 5.41) is 3.83. The van der Waals surface area contributed by atoms with Crippen LogP contribution >= 0.6 is 0 Å². The molecule has 3 aliphatic carbocycles. The van der Waals surface area contributed by atoms with Crippen LogP contribution in [0.2, 0.25) is 0 Å². The maximum Gasteiger partial charge on any atom is 0.123 e. The fourth-order valence-corrected chi connectivity index (χ4v) is 4.91. The van der Waals surface area contributed by atoms with Gasteiger partial charge in [-0.2, -0.15) is 0 Å². The van der Waals surface area contributed by atoms with Gasteiger partial charge in [-0.05, 0) is 74.0 Å². The average molecular weight is 259 g/mol. The Labute approximate surface area is 114 Å². The van der Waals surface area contributed by atoms with Gasteiger partial charge in [0.05, 0.1) is 0 Å². The summed E-state index contributed by atoms with van der Waals surface area (Å²) >= 11 is 0. The smallest absolute Gasteiger partial charge is 0.123 e. The van der Waals surface area contributed by atoms with Crippen molar-refractivity contribution in [2.24, 2.45) is 23.7 Å². The lowest BCUT2D eigenvalue weighted by molar-refractivity contribution is 0.426. The van der Waals surface area contributed by atoms with E-state index in [9.17, 15) is 4.39 Å². The molecule has 0 amide bonds. The summed E-state index contributed by atoms with van der Waals surface area (Å²) in [5.41, 5.74) is 1.23. The first-order valence-corrected chi connectivity index (χ1v) is 7.73. The highest BCUT2D eigenvalue weighted by atomic mass is 19.1. The van der Waals surface area contributed by atoms with Gasteiger partial charge in [-0.15, -0.1) is 0 Å². The SMILES string of the molecule is CC(Cc1ccc(F)cc1)NC1C2C3CCC(C3)C12. The second-order valence-corrected chi connectivity index (χ2v) is 6.91. The molecule has 4 rings (SSSR count). The topological polar surface area (TPSA) is 12.0 Å². The molecule has 1 aromatic carbocycles. The predicted octanol–water partition coefficient (Wildman–Crippen LogP) is 3.39. The van der Waals surface area contributed by atoms with Crippen LogP contribution in [0.15, 0.2) is 24.3 Å². The van der Waals surface area contributed by atoms with E-state index in [-0.39, 0.29) is 5.82 Å². The van der Waals surface area contributed by atoms with Gasteiger partial charge in [0.15, 0.2) is 0 Å². The van der Waals surface area contributed by atoms with E-state index in [2.05, 4.69) is 12.2 Å². The van der Waals surface area contributed by atoms with Gasteiger partial charge in [0.25, 0.3) is 0 Å². The minimum absolute atomic E-state index is 0.141. The lowest BCUT2D eigenvalue weighted by Crippen LogP contribution is -2.33. The number of hydrogen-bond acceptors (Lipinski definition) is 1. The van der Waals surface area contributed by atoms with E-state index in [1.54, 1.807) is 12.1 Å². The Bertz CT molecular complexity index is 453. The van der Waals surface area contributed by atoms with Crippen LogP contribution in [-0.4, -0.2) is 12.1 Å². The molecule has 2 bridgehead atoms. The van der Waals surface area contributed by atoms with Crippen molar-refractivity contribution in [3.05, 3.63) is 35.6 Å².